The number of aryl methyl sites for hydroxylation is 1. The standard InChI is InChI=1S/C10H11O4S/c1-7-5-4-6-8(15(3,12)13)9(7)10(11)14-2/h4,6H,1-3H3. The molecule has 0 aliphatic carbocycles. The Morgan fingerprint density at radius 3 is 2.53 bits per heavy atom. The highest BCUT2D eigenvalue weighted by molar-refractivity contribution is 7.90. The van der Waals surface area contributed by atoms with Crippen LogP contribution >= 0.6 is 0 Å². The minimum Gasteiger partial charge on any atom is -0.465 e. The monoisotopic (exact) mass is 227 g/mol. The van der Waals surface area contributed by atoms with Gasteiger partial charge in [0, 0.05) is 6.26 Å². The van der Waals surface area contributed by atoms with Crippen LogP contribution in [0.25, 0.3) is 0 Å². The maximum atomic E-state index is 11.4. The number of hydrogen-bond donors (Lipinski definition) is 0. The molecular weight excluding hydrogens is 216 g/mol. The molecule has 0 amide bonds. The molecule has 1 radical (unpaired) electrons. The van der Waals surface area contributed by atoms with E-state index in [1.54, 1.807) is 6.92 Å². The Morgan fingerprint density at radius 2 is 2.07 bits per heavy atom. The third-order valence-electron chi connectivity index (χ3n) is 1.94. The summed E-state index contributed by atoms with van der Waals surface area (Å²) in [5.41, 5.74) is 0.521. The van der Waals surface area contributed by atoms with E-state index in [0.29, 0.717) is 5.56 Å². The lowest BCUT2D eigenvalue weighted by atomic mass is 10.1. The Labute approximate surface area is 88.8 Å². The van der Waals surface area contributed by atoms with Crippen LogP contribution in [0, 0.1) is 13.0 Å². The van der Waals surface area contributed by atoms with Crippen LogP contribution in [0.1, 0.15) is 15.9 Å². The summed E-state index contributed by atoms with van der Waals surface area (Å²) in [7, 11) is -2.22. The average molecular weight is 227 g/mol. The van der Waals surface area contributed by atoms with Gasteiger partial charge in [-0.05, 0) is 24.6 Å². The van der Waals surface area contributed by atoms with Gasteiger partial charge in [0.05, 0.1) is 17.6 Å². The Morgan fingerprint density at radius 1 is 1.47 bits per heavy atom. The summed E-state index contributed by atoms with van der Waals surface area (Å²) in [5.74, 6) is -0.662. The van der Waals surface area contributed by atoms with Gasteiger partial charge in [0.1, 0.15) is 0 Å². The van der Waals surface area contributed by atoms with Crippen LogP contribution in [0.5, 0.6) is 0 Å². The van der Waals surface area contributed by atoms with Crippen LogP contribution in [0.15, 0.2) is 17.0 Å². The molecule has 0 heterocycles. The predicted octanol–water partition coefficient (Wildman–Crippen LogP) is 0.985. The van der Waals surface area contributed by atoms with E-state index < -0.39 is 15.8 Å². The first-order chi connectivity index (χ1) is 6.88. The summed E-state index contributed by atoms with van der Waals surface area (Å²) in [6, 6.07) is 5.57. The van der Waals surface area contributed by atoms with Crippen molar-refractivity contribution in [1.29, 1.82) is 0 Å². The SMILES string of the molecule is COC(=O)c1c(C)[c]ccc1S(C)(=O)=O. The van der Waals surface area contributed by atoms with E-state index in [1.165, 1.54) is 19.2 Å². The van der Waals surface area contributed by atoms with Crippen LogP contribution in [0.4, 0.5) is 0 Å². The van der Waals surface area contributed by atoms with Gasteiger partial charge >= 0.3 is 5.97 Å². The lowest BCUT2D eigenvalue weighted by Crippen LogP contribution is -2.11. The first kappa shape index (κ1) is 11.7. The maximum absolute atomic E-state index is 11.4. The van der Waals surface area contributed by atoms with Crippen molar-refractivity contribution in [3.63, 3.8) is 0 Å². The van der Waals surface area contributed by atoms with Gasteiger partial charge < -0.3 is 4.74 Å². The average Bonchev–Trinajstić information content (AvgIpc) is 2.15. The molecule has 0 N–H and O–H groups in total. The molecule has 15 heavy (non-hydrogen) atoms. The molecule has 0 aliphatic rings. The van der Waals surface area contributed by atoms with E-state index >= 15 is 0 Å². The van der Waals surface area contributed by atoms with Crippen LogP contribution < -0.4 is 0 Å². The molecule has 0 aromatic heterocycles. The summed E-state index contributed by atoms with van der Waals surface area (Å²) < 4.78 is 27.3. The zero-order valence-electron chi connectivity index (χ0n) is 8.70. The number of rotatable bonds is 2. The molecule has 5 heteroatoms. The van der Waals surface area contributed by atoms with Crippen molar-refractivity contribution in [2.75, 3.05) is 13.4 Å². The van der Waals surface area contributed by atoms with Gasteiger partial charge in [0.2, 0.25) is 0 Å². The van der Waals surface area contributed by atoms with Crippen molar-refractivity contribution in [2.24, 2.45) is 0 Å². The molecule has 1 aromatic rings. The summed E-state index contributed by atoms with van der Waals surface area (Å²) in [5, 5.41) is 0. The summed E-state index contributed by atoms with van der Waals surface area (Å²) in [4.78, 5) is 11.4. The molecule has 1 rings (SSSR count). The van der Waals surface area contributed by atoms with E-state index in [2.05, 4.69) is 10.8 Å². The number of ether oxygens (including phenoxy) is 1. The first-order valence-corrected chi connectivity index (χ1v) is 6.06. The van der Waals surface area contributed by atoms with Crippen LogP contribution in [0.2, 0.25) is 0 Å². The Hall–Kier alpha value is -1.36. The second-order valence-corrected chi connectivity index (χ2v) is 5.09. The number of carbonyl (C=O) groups excluding carboxylic acids is 1. The van der Waals surface area contributed by atoms with Crippen molar-refractivity contribution in [3.8, 4) is 0 Å². The Balaban J connectivity index is 3.54. The fourth-order valence-corrected chi connectivity index (χ4v) is 2.17. The molecule has 0 saturated heterocycles. The minimum atomic E-state index is -3.43. The smallest absolute Gasteiger partial charge is 0.339 e. The highest BCUT2D eigenvalue weighted by atomic mass is 32.2. The second kappa shape index (κ2) is 4.02. The Kier molecular flexibility index (Phi) is 3.14. The fourth-order valence-electron chi connectivity index (χ4n) is 1.25. The molecule has 0 bridgehead atoms. The van der Waals surface area contributed by atoms with Gasteiger partial charge in [-0.25, -0.2) is 13.2 Å². The number of sulfone groups is 1. The second-order valence-electron chi connectivity index (χ2n) is 3.11. The molecule has 81 valence electrons. The number of esters is 1. The van der Waals surface area contributed by atoms with E-state index in [9.17, 15) is 13.2 Å². The minimum absolute atomic E-state index is 0.0226. The normalized spacial score (nSPS) is 11.1. The van der Waals surface area contributed by atoms with Gasteiger partial charge in [-0.2, -0.15) is 0 Å². The highest BCUT2D eigenvalue weighted by Crippen LogP contribution is 2.19. The molecule has 0 saturated carbocycles. The van der Waals surface area contributed by atoms with Crippen LogP contribution in [-0.4, -0.2) is 27.8 Å². The third kappa shape index (κ3) is 2.36. The third-order valence-corrected chi connectivity index (χ3v) is 3.08. The van der Waals surface area contributed by atoms with Crippen molar-refractivity contribution in [2.45, 2.75) is 11.8 Å². The molecule has 0 atom stereocenters. The molecule has 4 nitrogen and oxygen atoms in total. The molecule has 0 unspecified atom stereocenters. The predicted molar refractivity (Wildman–Crippen MR) is 54.5 cm³/mol. The number of methoxy groups -OCH3 is 1. The quantitative estimate of drug-likeness (QED) is 0.707. The molecule has 0 spiro atoms. The van der Waals surface area contributed by atoms with Gasteiger partial charge in [-0.15, -0.1) is 0 Å². The number of hydrogen-bond acceptors (Lipinski definition) is 4. The highest BCUT2D eigenvalue weighted by Gasteiger charge is 2.20. The fraction of sp³-hybridized carbons (Fsp3) is 0.300. The van der Waals surface area contributed by atoms with Crippen molar-refractivity contribution in [1.82, 2.24) is 0 Å². The molecule has 1 aromatic carbocycles. The maximum Gasteiger partial charge on any atom is 0.339 e. The van der Waals surface area contributed by atoms with E-state index in [1.807, 2.05) is 0 Å². The molecule has 0 fully saturated rings. The topological polar surface area (TPSA) is 60.4 Å². The summed E-state index contributed by atoms with van der Waals surface area (Å²) in [6.45, 7) is 1.61. The lowest BCUT2D eigenvalue weighted by Gasteiger charge is -2.08. The molecular formula is C10H11O4S. The first-order valence-electron chi connectivity index (χ1n) is 4.17. The van der Waals surface area contributed by atoms with Crippen LogP contribution in [-0.2, 0) is 14.6 Å². The molecule has 0 aliphatic heterocycles. The van der Waals surface area contributed by atoms with Crippen molar-refractivity contribution in [3.05, 3.63) is 29.3 Å². The van der Waals surface area contributed by atoms with Gasteiger partial charge in [-0.3, -0.25) is 0 Å². The lowest BCUT2D eigenvalue weighted by molar-refractivity contribution is 0.0595. The van der Waals surface area contributed by atoms with Gasteiger partial charge in [-0.1, -0.05) is 6.07 Å². The zero-order valence-corrected chi connectivity index (χ0v) is 9.51. The number of carbonyl (C=O) groups is 1. The summed E-state index contributed by atoms with van der Waals surface area (Å²) in [6.07, 6.45) is 1.05. The largest absolute Gasteiger partial charge is 0.465 e. The van der Waals surface area contributed by atoms with E-state index in [0.717, 1.165) is 6.26 Å². The Bertz CT molecular complexity index is 488. The van der Waals surface area contributed by atoms with Gasteiger partial charge in [0.15, 0.2) is 9.84 Å². The van der Waals surface area contributed by atoms with E-state index in [-0.39, 0.29) is 10.5 Å². The summed E-state index contributed by atoms with van der Waals surface area (Å²) >= 11 is 0. The number of benzene rings is 1. The van der Waals surface area contributed by atoms with E-state index in [4.69, 9.17) is 0 Å². The van der Waals surface area contributed by atoms with Crippen molar-refractivity contribution >= 4 is 15.8 Å². The van der Waals surface area contributed by atoms with Crippen molar-refractivity contribution < 1.29 is 17.9 Å². The van der Waals surface area contributed by atoms with Gasteiger partial charge in [0.25, 0.3) is 0 Å². The van der Waals surface area contributed by atoms with Crippen LogP contribution in [0.3, 0.4) is 0 Å². The zero-order chi connectivity index (χ0) is 11.6.